The lowest BCUT2D eigenvalue weighted by Gasteiger charge is -2.14. The summed E-state index contributed by atoms with van der Waals surface area (Å²) in [5.74, 6) is 0.156. The molecular formula is C25H22O3. The highest BCUT2D eigenvalue weighted by atomic mass is 16.5. The van der Waals surface area contributed by atoms with Gasteiger partial charge >= 0.3 is 5.97 Å². The SMILES string of the molecule is C=Cc1cc(OCc2ccccc2)cc(C(=O)OCc2ccccc2)c1C=C. The van der Waals surface area contributed by atoms with E-state index in [1.807, 2.05) is 66.7 Å². The van der Waals surface area contributed by atoms with Crippen LogP contribution in [0.15, 0.2) is 86.0 Å². The second-order valence-corrected chi connectivity index (χ2v) is 6.22. The summed E-state index contributed by atoms with van der Waals surface area (Å²) >= 11 is 0. The highest BCUT2D eigenvalue weighted by Gasteiger charge is 2.16. The quantitative estimate of drug-likeness (QED) is 0.463. The molecule has 0 N–H and O–H groups in total. The minimum Gasteiger partial charge on any atom is -0.489 e. The van der Waals surface area contributed by atoms with E-state index in [1.54, 1.807) is 18.2 Å². The summed E-state index contributed by atoms with van der Waals surface area (Å²) in [6.07, 6.45) is 3.32. The van der Waals surface area contributed by atoms with Crippen LogP contribution in [0.1, 0.15) is 32.6 Å². The van der Waals surface area contributed by atoms with Crippen molar-refractivity contribution in [2.75, 3.05) is 0 Å². The van der Waals surface area contributed by atoms with E-state index >= 15 is 0 Å². The first-order chi connectivity index (χ1) is 13.7. The smallest absolute Gasteiger partial charge is 0.339 e. The van der Waals surface area contributed by atoms with Crippen molar-refractivity contribution in [2.45, 2.75) is 13.2 Å². The molecule has 3 nitrogen and oxygen atoms in total. The normalized spacial score (nSPS) is 10.1. The van der Waals surface area contributed by atoms with Crippen molar-refractivity contribution in [3.8, 4) is 5.75 Å². The van der Waals surface area contributed by atoms with Crippen molar-refractivity contribution >= 4 is 18.1 Å². The summed E-state index contributed by atoms with van der Waals surface area (Å²) in [6.45, 7) is 8.27. The van der Waals surface area contributed by atoms with Crippen molar-refractivity contribution < 1.29 is 14.3 Å². The van der Waals surface area contributed by atoms with Gasteiger partial charge in [0.2, 0.25) is 0 Å². The van der Waals surface area contributed by atoms with Crippen LogP contribution in [-0.2, 0) is 18.0 Å². The van der Waals surface area contributed by atoms with Crippen LogP contribution in [0.25, 0.3) is 12.2 Å². The highest BCUT2D eigenvalue weighted by Crippen LogP contribution is 2.26. The van der Waals surface area contributed by atoms with E-state index < -0.39 is 5.97 Å². The minimum atomic E-state index is -0.424. The van der Waals surface area contributed by atoms with Crippen LogP contribution in [0.4, 0.5) is 0 Å². The summed E-state index contributed by atoms with van der Waals surface area (Å²) in [7, 11) is 0. The standard InChI is InChI=1S/C25H22O3/c1-3-21-15-22(27-17-19-11-7-5-8-12-19)16-24(23(21)4-2)25(26)28-18-20-13-9-6-10-14-20/h3-16H,1-2,17-18H2. The van der Waals surface area contributed by atoms with E-state index in [-0.39, 0.29) is 6.61 Å². The predicted octanol–water partition coefficient (Wildman–Crippen LogP) is 5.91. The fourth-order valence-electron chi connectivity index (χ4n) is 2.84. The molecule has 3 aromatic rings. The largest absolute Gasteiger partial charge is 0.489 e. The van der Waals surface area contributed by atoms with Crippen LogP contribution in [0.3, 0.4) is 0 Å². The summed E-state index contributed by atoms with van der Waals surface area (Å²) in [5.41, 5.74) is 3.83. The first-order valence-corrected chi connectivity index (χ1v) is 9.02. The Hall–Kier alpha value is -3.59. The first kappa shape index (κ1) is 19.2. The van der Waals surface area contributed by atoms with Crippen molar-refractivity contribution in [3.63, 3.8) is 0 Å². The third kappa shape index (κ3) is 4.77. The number of hydrogen-bond acceptors (Lipinski definition) is 3. The van der Waals surface area contributed by atoms with E-state index in [1.165, 1.54) is 0 Å². The van der Waals surface area contributed by atoms with Gasteiger partial charge in [-0.15, -0.1) is 0 Å². The van der Waals surface area contributed by atoms with Gasteiger partial charge in [0.05, 0.1) is 5.56 Å². The van der Waals surface area contributed by atoms with E-state index in [4.69, 9.17) is 9.47 Å². The molecule has 140 valence electrons. The van der Waals surface area contributed by atoms with Crippen molar-refractivity contribution in [3.05, 3.63) is 114 Å². The van der Waals surface area contributed by atoms with Crippen LogP contribution in [0.2, 0.25) is 0 Å². The lowest BCUT2D eigenvalue weighted by Crippen LogP contribution is -2.09. The van der Waals surface area contributed by atoms with Gasteiger partial charge in [-0.25, -0.2) is 4.79 Å². The molecule has 0 saturated carbocycles. The number of esters is 1. The van der Waals surface area contributed by atoms with Crippen LogP contribution >= 0.6 is 0 Å². The lowest BCUT2D eigenvalue weighted by molar-refractivity contribution is 0.0472. The molecule has 3 heteroatoms. The molecule has 0 atom stereocenters. The van der Waals surface area contributed by atoms with Gasteiger partial charge in [0.1, 0.15) is 19.0 Å². The maximum atomic E-state index is 12.7. The van der Waals surface area contributed by atoms with Gasteiger partial charge in [0.15, 0.2) is 0 Å². The lowest BCUT2D eigenvalue weighted by atomic mass is 10.00. The summed E-state index contributed by atoms with van der Waals surface area (Å²) in [5, 5.41) is 0. The Morgan fingerprint density at radius 1 is 0.821 bits per heavy atom. The molecule has 0 bridgehead atoms. The number of carbonyl (C=O) groups excluding carboxylic acids is 1. The minimum absolute atomic E-state index is 0.203. The summed E-state index contributed by atoms with van der Waals surface area (Å²) < 4.78 is 11.4. The molecular weight excluding hydrogens is 348 g/mol. The second kappa shape index (κ2) is 9.38. The van der Waals surface area contributed by atoms with Gasteiger partial charge in [-0.2, -0.15) is 0 Å². The fourth-order valence-corrected chi connectivity index (χ4v) is 2.84. The van der Waals surface area contributed by atoms with Gasteiger partial charge < -0.3 is 9.47 Å². The molecule has 3 aromatic carbocycles. The highest BCUT2D eigenvalue weighted by molar-refractivity contribution is 5.95. The molecule has 0 aromatic heterocycles. The Morgan fingerprint density at radius 3 is 2.00 bits per heavy atom. The number of rotatable bonds is 8. The van der Waals surface area contributed by atoms with Crippen LogP contribution in [0.5, 0.6) is 5.75 Å². The molecule has 0 aliphatic heterocycles. The average molecular weight is 370 g/mol. The maximum Gasteiger partial charge on any atom is 0.339 e. The Morgan fingerprint density at radius 2 is 1.43 bits per heavy atom. The van der Waals surface area contributed by atoms with Crippen LogP contribution in [0, 0.1) is 0 Å². The van der Waals surface area contributed by atoms with E-state index in [0.29, 0.717) is 23.5 Å². The maximum absolute atomic E-state index is 12.7. The van der Waals surface area contributed by atoms with Crippen molar-refractivity contribution in [1.29, 1.82) is 0 Å². The number of ether oxygens (including phenoxy) is 2. The summed E-state index contributed by atoms with van der Waals surface area (Å²) in [6, 6.07) is 23.0. The molecule has 0 saturated heterocycles. The zero-order chi connectivity index (χ0) is 19.8. The van der Waals surface area contributed by atoms with Gasteiger partial charge in [-0.3, -0.25) is 0 Å². The fraction of sp³-hybridized carbons (Fsp3) is 0.0800. The third-order valence-electron chi connectivity index (χ3n) is 4.29. The Bertz CT molecular complexity index is 960. The zero-order valence-corrected chi connectivity index (χ0v) is 15.6. The Labute approximate surface area is 165 Å². The molecule has 28 heavy (non-hydrogen) atoms. The van der Waals surface area contributed by atoms with Crippen molar-refractivity contribution in [2.24, 2.45) is 0 Å². The van der Waals surface area contributed by atoms with Crippen LogP contribution < -0.4 is 4.74 Å². The number of hydrogen-bond donors (Lipinski definition) is 0. The second-order valence-electron chi connectivity index (χ2n) is 6.22. The molecule has 0 radical (unpaired) electrons. The molecule has 0 aliphatic rings. The molecule has 3 rings (SSSR count). The predicted molar refractivity (Wildman–Crippen MR) is 113 cm³/mol. The zero-order valence-electron chi connectivity index (χ0n) is 15.6. The first-order valence-electron chi connectivity index (χ1n) is 9.02. The molecule has 0 spiro atoms. The molecule has 0 fully saturated rings. The average Bonchev–Trinajstić information content (AvgIpc) is 2.76. The van der Waals surface area contributed by atoms with Gasteiger partial charge in [0, 0.05) is 0 Å². The summed E-state index contributed by atoms with van der Waals surface area (Å²) in [4.78, 5) is 12.7. The van der Waals surface area contributed by atoms with Crippen molar-refractivity contribution in [1.82, 2.24) is 0 Å². The molecule has 0 aliphatic carbocycles. The topological polar surface area (TPSA) is 35.5 Å². The number of carbonyl (C=O) groups is 1. The van der Waals surface area contributed by atoms with Crippen LogP contribution in [-0.4, -0.2) is 5.97 Å². The Balaban J connectivity index is 1.82. The van der Waals surface area contributed by atoms with E-state index in [0.717, 1.165) is 16.7 Å². The van der Waals surface area contributed by atoms with E-state index in [9.17, 15) is 4.79 Å². The number of benzene rings is 3. The van der Waals surface area contributed by atoms with Gasteiger partial charge in [-0.05, 0) is 34.4 Å². The van der Waals surface area contributed by atoms with Gasteiger partial charge in [0.25, 0.3) is 0 Å². The molecule has 0 heterocycles. The third-order valence-corrected chi connectivity index (χ3v) is 4.29. The monoisotopic (exact) mass is 370 g/mol. The Kier molecular flexibility index (Phi) is 6.42. The molecule has 0 amide bonds. The van der Waals surface area contributed by atoms with Gasteiger partial charge in [-0.1, -0.05) is 86.0 Å². The van der Waals surface area contributed by atoms with E-state index in [2.05, 4.69) is 13.2 Å². The molecule has 0 unspecified atom stereocenters.